The van der Waals surface area contributed by atoms with Gasteiger partial charge in [-0.15, -0.1) is 0 Å². The van der Waals surface area contributed by atoms with Gasteiger partial charge in [0.1, 0.15) is 11.5 Å². The summed E-state index contributed by atoms with van der Waals surface area (Å²) in [6, 6.07) is 5.51. The first-order valence-electron chi connectivity index (χ1n) is 9.79. The van der Waals surface area contributed by atoms with Crippen LogP contribution in [0, 0.1) is 0 Å². The number of unbranched alkanes of at least 4 members (excludes halogenated alkanes) is 1. The minimum Gasteiger partial charge on any atom is -0.494 e. The van der Waals surface area contributed by atoms with Crippen LogP contribution >= 0.6 is 0 Å². The van der Waals surface area contributed by atoms with E-state index in [1.54, 1.807) is 12.1 Å². The Labute approximate surface area is 167 Å². The van der Waals surface area contributed by atoms with E-state index in [2.05, 4.69) is 6.92 Å². The van der Waals surface area contributed by atoms with E-state index in [1.807, 2.05) is 13.8 Å². The summed E-state index contributed by atoms with van der Waals surface area (Å²) in [6.45, 7) is 7.84. The van der Waals surface area contributed by atoms with E-state index in [0.29, 0.717) is 12.4 Å². The molecule has 1 aromatic rings. The van der Waals surface area contributed by atoms with Crippen LogP contribution in [0.4, 0.5) is 0 Å². The summed E-state index contributed by atoms with van der Waals surface area (Å²) in [4.78, 5) is 12.3. The highest BCUT2D eigenvalue weighted by atomic mass is 32.2. The molecule has 0 aromatic heterocycles. The Kier molecular flexibility index (Phi) is 6.14. The topological polar surface area (TPSA) is 82.1 Å². The maximum absolute atomic E-state index is 13.2. The number of hydrogen-bond acceptors (Lipinski definition) is 6. The monoisotopic (exact) mass is 411 g/mol. The highest BCUT2D eigenvalue weighted by Gasteiger charge is 2.56. The van der Waals surface area contributed by atoms with Gasteiger partial charge < -0.3 is 14.2 Å². The molecule has 0 bridgehead atoms. The predicted molar refractivity (Wildman–Crippen MR) is 104 cm³/mol. The van der Waals surface area contributed by atoms with Crippen molar-refractivity contribution in [2.24, 2.45) is 0 Å². The Morgan fingerprint density at radius 3 is 2.36 bits per heavy atom. The van der Waals surface area contributed by atoms with E-state index < -0.39 is 21.9 Å². The van der Waals surface area contributed by atoms with Crippen molar-refractivity contribution >= 4 is 15.8 Å². The molecule has 2 aliphatic heterocycles. The van der Waals surface area contributed by atoms with Gasteiger partial charge in [0.05, 0.1) is 36.3 Å². The van der Waals surface area contributed by atoms with Crippen LogP contribution in [-0.4, -0.2) is 55.7 Å². The Bertz CT molecular complexity index is 796. The van der Waals surface area contributed by atoms with Gasteiger partial charge in [-0.1, -0.05) is 13.3 Å². The van der Waals surface area contributed by atoms with Crippen LogP contribution in [0.15, 0.2) is 29.2 Å². The van der Waals surface area contributed by atoms with Crippen molar-refractivity contribution < 1.29 is 27.4 Å². The van der Waals surface area contributed by atoms with Crippen molar-refractivity contribution in [1.29, 1.82) is 0 Å². The number of carbonyl (C=O) groups excluding carboxylic acids is 1. The smallest absolute Gasteiger partial charge is 0.243 e. The molecular weight excluding hydrogens is 382 g/mol. The van der Waals surface area contributed by atoms with Gasteiger partial charge in [0, 0.05) is 6.42 Å². The Balaban J connectivity index is 1.82. The molecule has 8 heteroatoms. The van der Waals surface area contributed by atoms with Gasteiger partial charge in [-0.2, -0.15) is 4.31 Å². The molecule has 0 aliphatic carbocycles. The summed E-state index contributed by atoms with van der Waals surface area (Å²) < 4.78 is 45.2. The number of sulfonamides is 1. The zero-order valence-electron chi connectivity index (χ0n) is 16.9. The lowest BCUT2D eigenvalue weighted by Gasteiger charge is -2.23. The number of carbonyl (C=O) groups is 1. The zero-order chi connectivity index (χ0) is 20.5. The minimum absolute atomic E-state index is 0.00299. The Morgan fingerprint density at radius 1 is 1.21 bits per heavy atom. The molecule has 28 heavy (non-hydrogen) atoms. The molecule has 0 N–H and O–H groups in total. The van der Waals surface area contributed by atoms with E-state index in [-0.39, 0.29) is 35.9 Å². The van der Waals surface area contributed by atoms with Gasteiger partial charge in [-0.25, -0.2) is 8.42 Å². The van der Waals surface area contributed by atoms with Crippen molar-refractivity contribution in [2.45, 2.75) is 75.9 Å². The summed E-state index contributed by atoms with van der Waals surface area (Å²) in [7, 11) is -3.88. The van der Waals surface area contributed by atoms with E-state index in [9.17, 15) is 13.2 Å². The lowest BCUT2D eigenvalue weighted by molar-refractivity contribution is -0.160. The summed E-state index contributed by atoms with van der Waals surface area (Å²) in [5, 5.41) is 0. The van der Waals surface area contributed by atoms with Crippen LogP contribution in [0.25, 0.3) is 0 Å². The van der Waals surface area contributed by atoms with Crippen molar-refractivity contribution in [3.05, 3.63) is 24.3 Å². The maximum Gasteiger partial charge on any atom is 0.243 e. The summed E-state index contributed by atoms with van der Waals surface area (Å²) in [5.74, 6) is -0.663. The van der Waals surface area contributed by atoms with E-state index in [4.69, 9.17) is 14.2 Å². The second-order valence-corrected chi connectivity index (χ2v) is 9.50. The molecule has 2 fully saturated rings. The normalized spacial score (nSPS) is 30.8. The molecule has 1 aromatic carbocycles. The van der Waals surface area contributed by atoms with E-state index in [1.165, 1.54) is 23.4 Å². The predicted octanol–water partition coefficient (Wildman–Crippen LogP) is 2.74. The third-order valence-electron chi connectivity index (χ3n) is 5.38. The van der Waals surface area contributed by atoms with Crippen LogP contribution in [0.2, 0.25) is 0 Å². The van der Waals surface area contributed by atoms with Crippen LogP contribution in [0.1, 0.15) is 47.0 Å². The van der Waals surface area contributed by atoms with Crippen molar-refractivity contribution in [3.8, 4) is 5.75 Å². The summed E-state index contributed by atoms with van der Waals surface area (Å²) in [6.07, 6.45) is 1.85. The van der Waals surface area contributed by atoms with Crippen molar-refractivity contribution in [2.75, 3.05) is 13.2 Å². The molecule has 2 unspecified atom stereocenters. The SMILES string of the molecule is CCCCOc1ccc(S(=O)(=O)N2CC3(C[C@H]2C(C)=O)OC(C)[C@@H](C)O3)cc1. The first-order chi connectivity index (χ1) is 13.2. The largest absolute Gasteiger partial charge is 0.494 e. The molecule has 3 rings (SSSR count). The molecule has 0 radical (unpaired) electrons. The van der Waals surface area contributed by atoms with Gasteiger partial charge in [-0.3, -0.25) is 4.79 Å². The zero-order valence-corrected chi connectivity index (χ0v) is 17.7. The average Bonchev–Trinajstić information content (AvgIpc) is 3.15. The lowest BCUT2D eigenvalue weighted by atomic mass is 10.1. The highest BCUT2D eigenvalue weighted by Crippen LogP contribution is 2.41. The summed E-state index contributed by atoms with van der Waals surface area (Å²) in [5.41, 5.74) is 0. The Morgan fingerprint density at radius 2 is 1.82 bits per heavy atom. The first-order valence-corrected chi connectivity index (χ1v) is 11.2. The minimum atomic E-state index is -3.88. The average molecular weight is 412 g/mol. The number of hydrogen-bond donors (Lipinski definition) is 0. The molecule has 1 spiro atoms. The second-order valence-electron chi connectivity index (χ2n) is 7.61. The van der Waals surface area contributed by atoms with Crippen molar-refractivity contribution in [1.82, 2.24) is 4.31 Å². The lowest BCUT2D eigenvalue weighted by Crippen LogP contribution is -2.41. The summed E-state index contributed by atoms with van der Waals surface area (Å²) >= 11 is 0. The molecule has 0 amide bonds. The van der Waals surface area contributed by atoms with Gasteiger partial charge in [0.2, 0.25) is 10.0 Å². The molecular formula is C20H29NO6S. The van der Waals surface area contributed by atoms with Crippen LogP contribution in [0.5, 0.6) is 5.75 Å². The van der Waals surface area contributed by atoms with Gasteiger partial charge in [0.15, 0.2) is 5.79 Å². The molecule has 7 nitrogen and oxygen atoms in total. The molecule has 0 saturated carbocycles. The molecule has 2 heterocycles. The first kappa shape index (κ1) is 21.2. The van der Waals surface area contributed by atoms with Crippen molar-refractivity contribution in [3.63, 3.8) is 0 Å². The van der Waals surface area contributed by atoms with Gasteiger partial charge in [0.25, 0.3) is 0 Å². The molecule has 2 aliphatic rings. The standard InChI is InChI=1S/C20H29NO6S/c1-5-6-11-25-17-7-9-18(10-8-17)28(23,24)21-13-20(12-19(21)14(2)22)26-15(3)16(4)27-20/h7-10,15-16,19H,5-6,11-13H2,1-4H3/t15-,16?,19+,20?/m1/s1. The third kappa shape index (κ3) is 4.10. The third-order valence-corrected chi connectivity index (χ3v) is 7.25. The van der Waals surface area contributed by atoms with E-state index >= 15 is 0 Å². The van der Waals surface area contributed by atoms with Crippen LogP contribution in [-0.2, 0) is 24.3 Å². The molecule has 156 valence electrons. The Hall–Kier alpha value is -1.48. The number of Topliss-reactive ketones (excluding diaryl/α,β-unsaturated/α-hetero) is 1. The highest BCUT2D eigenvalue weighted by molar-refractivity contribution is 7.89. The van der Waals surface area contributed by atoms with Gasteiger partial charge in [-0.05, 0) is 51.5 Å². The maximum atomic E-state index is 13.2. The fourth-order valence-corrected chi connectivity index (χ4v) is 5.33. The fraction of sp³-hybridized carbons (Fsp3) is 0.650. The number of ketones is 1. The molecule has 2 saturated heterocycles. The number of rotatable bonds is 7. The van der Waals surface area contributed by atoms with Gasteiger partial charge >= 0.3 is 0 Å². The number of ether oxygens (including phenoxy) is 3. The molecule has 4 atom stereocenters. The van der Waals surface area contributed by atoms with E-state index in [0.717, 1.165) is 12.8 Å². The number of benzene rings is 1. The van der Waals surface area contributed by atoms with Crippen LogP contribution in [0.3, 0.4) is 0 Å². The van der Waals surface area contributed by atoms with Crippen LogP contribution < -0.4 is 4.74 Å². The fourth-order valence-electron chi connectivity index (χ4n) is 3.65. The quantitative estimate of drug-likeness (QED) is 0.642. The number of nitrogens with zero attached hydrogens (tertiary/aromatic N) is 1. The second kappa shape index (κ2) is 8.10.